The smallest absolute Gasteiger partial charge is 0.305 e. The summed E-state index contributed by atoms with van der Waals surface area (Å²) < 4.78 is 33.1. The fraction of sp³-hybridized carbons (Fsp3) is 0.550. The monoisotopic (exact) mass is 411 g/mol. The Kier molecular flexibility index (Phi) is 6.61. The van der Waals surface area contributed by atoms with Crippen molar-refractivity contribution in [1.29, 1.82) is 0 Å². The number of esters is 1. The lowest BCUT2D eigenvalue weighted by Crippen LogP contribution is -2.43. The molecule has 2 saturated carbocycles. The molecule has 4 atom stereocenters. The summed E-state index contributed by atoms with van der Waals surface area (Å²) in [4.78, 5) is 11.4. The van der Waals surface area contributed by atoms with Gasteiger partial charge in [0.1, 0.15) is 0 Å². The van der Waals surface area contributed by atoms with Gasteiger partial charge in [0.2, 0.25) is 10.0 Å². The molecule has 0 aromatic heterocycles. The van der Waals surface area contributed by atoms with E-state index in [1.165, 1.54) is 19.2 Å². The molecule has 2 aliphatic rings. The molecule has 0 saturated heterocycles. The van der Waals surface area contributed by atoms with Crippen molar-refractivity contribution in [2.24, 2.45) is 17.8 Å². The number of nitrogens with one attached hydrogen (secondary N) is 1. The molecule has 1 aromatic rings. The zero-order valence-electron chi connectivity index (χ0n) is 15.4. The first-order valence-corrected chi connectivity index (χ1v) is 11.3. The van der Waals surface area contributed by atoms with Gasteiger partial charge in [-0.25, -0.2) is 13.1 Å². The summed E-state index contributed by atoms with van der Waals surface area (Å²) in [6, 6.07) is 6.19. The summed E-state index contributed by atoms with van der Waals surface area (Å²) >= 11 is 5.87. The van der Waals surface area contributed by atoms with E-state index in [0.717, 1.165) is 32.1 Å². The van der Waals surface area contributed by atoms with Crippen molar-refractivity contribution in [1.82, 2.24) is 4.72 Å². The van der Waals surface area contributed by atoms with E-state index in [-0.39, 0.29) is 22.8 Å². The van der Waals surface area contributed by atoms with Gasteiger partial charge in [-0.15, -0.1) is 0 Å². The fourth-order valence-corrected chi connectivity index (χ4v) is 5.83. The number of methoxy groups -OCH3 is 1. The van der Waals surface area contributed by atoms with Gasteiger partial charge in [-0.1, -0.05) is 23.8 Å². The summed E-state index contributed by atoms with van der Waals surface area (Å²) in [6.45, 7) is 0. The van der Waals surface area contributed by atoms with Crippen molar-refractivity contribution in [3.8, 4) is 0 Å². The summed E-state index contributed by atoms with van der Waals surface area (Å²) in [5.74, 6) is 0.937. The molecule has 0 aliphatic heterocycles. The molecule has 7 heteroatoms. The quantitative estimate of drug-likeness (QED) is 0.399. The van der Waals surface area contributed by atoms with Crippen LogP contribution >= 0.6 is 11.6 Å². The predicted molar refractivity (Wildman–Crippen MR) is 105 cm³/mol. The lowest BCUT2D eigenvalue weighted by molar-refractivity contribution is -0.140. The van der Waals surface area contributed by atoms with Crippen molar-refractivity contribution in [2.75, 3.05) is 7.11 Å². The maximum Gasteiger partial charge on any atom is 0.305 e. The Morgan fingerprint density at radius 2 is 1.96 bits per heavy atom. The number of rotatable bonds is 8. The van der Waals surface area contributed by atoms with Crippen LogP contribution in [-0.4, -0.2) is 27.5 Å². The third-order valence-electron chi connectivity index (χ3n) is 5.73. The zero-order chi connectivity index (χ0) is 19.4. The second-order valence-electron chi connectivity index (χ2n) is 7.41. The Bertz CT molecular complexity index is 791. The van der Waals surface area contributed by atoms with Crippen LogP contribution in [-0.2, 0) is 19.6 Å². The molecule has 2 aliphatic carbocycles. The topological polar surface area (TPSA) is 72.5 Å². The number of carbonyl (C=O) groups is 1. The Morgan fingerprint density at radius 1 is 1.26 bits per heavy atom. The van der Waals surface area contributed by atoms with Crippen LogP contribution in [0.4, 0.5) is 0 Å². The highest BCUT2D eigenvalue weighted by Crippen LogP contribution is 2.49. The highest BCUT2D eigenvalue weighted by molar-refractivity contribution is 7.89. The average molecular weight is 412 g/mol. The first kappa shape index (κ1) is 20.4. The molecular formula is C20H26ClNO4S. The molecule has 2 bridgehead atoms. The van der Waals surface area contributed by atoms with Gasteiger partial charge in [0.25, 0.3) is 0 Å². The number of carbonyl (C=O) groups excluding carboxylic acids is 1. The number of unbranched alkanes of at least 4 members (excludes halogenated alkanes) is 1. The molecule has 3 rings (SSSR count). The number of allylic oxidation sites excluding steroid dienone is 1. The van der Waals surface area contributed by atoms with Crippen molar-refractivity contribution in [2.45, 2.75) is 49.5 Å². The minimum absolute atomic E-state index is 0.0683. The van der Waals surface area contributed by atoms with Gasteiger partial charge in [0.05, 0.1) is 12.0 Å². The highest BCUT2D eigenvalue weighted by Gasteiger charge is 2.47. The zero-order valence-corrected chi connectivity index (χ0v) is 17.0. The first-order chi connectivity index (χ1) is 12.9. The van der Waals surface area contributed by atoms with E-state index in [1.54, 1.807) is 12.1 Å². The normalized spacial score (nSPS) is 27.3. The SMILES string of the molecule is COC(=O)CCCC=C[C@H]1[C@@H]2CC[C@@H](C2)[C@@H]1NS(=O)(=O)c1ccc(Cl)cc1. The van der Waals surface area contributed by atoms with Gasteiger partial charge in [-0.2, -0.15) is 0 Å². The number of sulfonamides is 1. The molecule has 0 heterocycles. The van der Waals surface area contributed by atoms with Crippen molar-refractivity contribution < 1.29 is 17.9 Å². The lowest BCUT2D eigenvalue weighted by atomic mass is 9.84. The van der Waals surface area contributed by atoms with Gasteiger partial charge in [-0.3, -0.25) is 4.79 Å². The second-order valence-corrected chi connectivity index (χ2v) is 9.56. The van der Waals surface area contributed by atoms with E-state index in [2.05, 4.69) is 21.6 Å². The minimum Gasteiger partial charge on any atom is -0.469 e. The minimum atomic E-state index is -3.57. The van der Waals surface area contributed by atoms with Gasteiger partial charge in [0, 0.05) is 17.5 Å². The van der Waals surface area contributed by atoms with Crippen molar-refractivity contribution >= 4 is 27.6 Å². The van der Waals surface area contributed by atoms with Crippen LogP contribution in [0.15, 0.2) is 41.3 Å². The molecule has 0 spiro atoms. The van der Waals surface area contributed by atoms with Crippen LogP contribution in [0.5, 0.6) is 0 Å². The van der Waals surface area contributed by atoms with Crippen LogP contribution in [0.1, 0.15) is 38.5 Å². The summed E-state index contributed by atoms with van der Waals surface area (Å²) in [5.41, 5.74) is 0. The van der Waals surface area contributed by atoms with Crippen LogP contribution in [0.2, 0.25) is 5.02 Å². The molecule has 0 amide bonds. The fourth-order valence-electron chi connectivity index (χ4n) is 4.37. The molecular weight excluding hydrogens is 386 g/mol. The Labute approximate surface area is 166 Å². The maximum atomic E-state index is 12.8. The van der Waals surface area contributed by atoms with Crippen molar-refractivity contribution in [3.63, 3.8) is 0 Å². The Morgan fingerprint density at radius 3 is 2.67 bits per heavy atom. The second kappa shape index (κ2) is 8.76. The van der Waals surface area contributed by atoms with E-state index in [4.69, 9.17) is 11.6 Å². The Balaban J connectivity index is 1.64. The Hall–Kier alpha value is -1.37. The van der Waals surface area contributed by atoms with Crippen LogP contribution in [0.3, 0.4) is 0 Å². The van der Waals surface area contributed by atoms with E-state index in [1.807, 2.05) is 0 Å². The van der Waals surface area contributed by atoms with Gasteiger partial charge >= 0.3 is 5.97 Å². The summed E-state index contributed by atoms with van der Waals surface area (Å²) in [7, 11) is -2.18. The van der Waals surface area contributed by atoms with E-state index in [0.29, 0.717) is 23.3 Å². The molecule has 0 radical (unpaired) electrons. The summed E-state index contributed by atoms with van der Waals surface area (Å²) in [6.07, 6.45) is 9.47. The number of benzene rings is 1. The van der Waals surface area contributed by atoms with E-state index >= 15 is 0 Å². The third-order valence-corrected chi connectivity index (χ3v) is 7.46. The largest absolute Gasteiger partial charge is 0.469 e. The standard InChI is InChI=1S/C20H26ClNO4S/c1-26-19(23)6-4-2-3-5-18-14-7-8-15(13-14)20(18)22-27(24,25)17-11-9-16(21)10-12-17/h3,5,9-12,14-15,18,20,22H,2,4,6-8,13H2,1H3/t14-,15+,18+,20+/m1/s1. The van der Waals surface area contributed by atoms with Crippen LogP contribution in [0.25, 0.3) is 0 Å². The molecule has 1 aromatic carbocycles. The molecule has 27 heavy (non-hydrogen) atoms. The summed E-state index contributed by atoms with van der Waals surface area (Å²) in [5, 5.41) is 0.515. The molecule has 0 unspecified atom stereocenters. The van der Waals surface area contributed by atoms with Crippen molar-refractivity contribution in [3.05, 3.63) is 41.4 Å². The number of hydrogen-bond acceptors (Lipinski definition) is 4. The lowest BCUT2D eigenvalue weighted by Gasteiger charge is -2.29. The molecule has 1 N–H and O–H groups in total. The first-order valence-electron chi connectivity index (χ1n) is 9.42. The van der Waals surface area contributed by atoms with E-state index in [9.17, 15) is 13.2 Å². The molecule has 2 fully saturated rings. The molecule has 148 valence electrons. The predicted octanol–water partition coefficient (Wildman–Crippen LogP) is 3.93. The number of halogens is 1. The average Bonchev–Trinajstić information content (AvgIpc) is 3.23. The molecule has 5 nitrogen and oxygen atoms in total. The van der Waals surface area contributed by atoms with Gasteiger partial charge < -0.3 is 4.74 Å². The van der Waals surface area contributed by atoms with Crippen LogP contribution in [0, 0.1) is 17.8 Å². The van der Waals surface area contributed by atoms with Crippen LogP contribution < -0.4 is 4.72 Å². The number of ether oxygens (including phenoxy) is 1. The third kappa shape index (κ3) is 4.92. The highest BCUT2D eigenvalue weighted by atomic mass is 35.5. The van der Waals surface area contributed by atoms with Gasteiger partial charge in [0.15, 0.2) is 0 Å². The van der Waals surface area contributed by atoms with E-state index < -0.39 is 10.0 Å². The van der Waals surface area contributed by atoms with Gasteiger partial charge in [-0.05, 0) is 74.1 Å². The number of hydrogen-bond donors (Lipinski definition) is 1. The maximum absolute atomic E-state index is 12.8. The number of fused-ring (bicyclic) bond motifs is 2.